The van der Waals surface area contributed by atoms with Crippen LogP contribution in [0.2, 0.25) is 0 Å². The van der Waals surface area contributed by atoms with Gasteiger partial charge in [-0.1, -0.05) is 48.5 Å². The first-order chi connectivity index (χ1) is 18.0. The van der Waals surface area contributed by atoms with Crippen LogP contribution in [0.4, 0.5) is 9.59 Å². The lowest BCUT2D eigenvalue weighted by Crippen LogP contribution is -2.67. The molecule has 2 aliphatic rings. The first-order valence-corrected chi connectivity index (χ1v) is 12.4. The second-order valence-corrected chi connectivity index (χ2v) is 10.5. The molecule has 0 unspecified atom stereocenters. The maximum absolute atomic E-state index is 13.0. The Labute approximate surface area is 220 Å². The summed E-state index contributed by atoms with van der Waals surface area (Å²) < 4.78 is 15.9. The van der Waals surface area contributed by atoms with Crippen LogP contribution in [0.15, 0.2) is 48.5 Å². The number of aliphatic carboxylic acids is 1. The number of hydrogen-bond donors (Lipinski definition) is 2. The van der Waals surface area contributed by atoms with E-state index < -0.39 is 47.9 Å². The summed E-state index contributed by atoms with van der Waals surface area (Å²) in [5.74, 6) is -2.25. The van der Waals surface area contributed by atoms with E-state index in [9.17, 15) is 24.3 Å². The molecule has 1 saturated heterocycles. The highest BCUT2D eigenvalue weighted by molar-refractivity contribution is 5.89. The van der Waals surface area contributed by atoms with E-state index in [1.165, 1.54) is 0 Å². The van der Waals surface area contributed by atoms with Crippen molar-refractivity contribution in [2.24, 2.45) is 0 Å². The number of nitrogens with zero attached hydrogens (tertiary/aromatic N) is 1. The second kappa shape index (κ2) is 10.4. The molecule has 1 aliphatic carbocycles. The van der Waals surface area contributed by atoms with Crippen LogP contribution in [0.25, 0.3) is 11.1 Å². The largest absolute Gasteiger partial charge is 0.480 e. The number of carbonyl (C=O) groups is 4. The average Bonchev–Trinajstić information content (AvgIpc) is 3.19. The summed E-state index contributed by atoms with van der Waals surface area (Å²) in [6.07, 6.45) is -1.96. The van der Waals surface area contributed by atoms with Crippen molar-refractivity contribution in [3.63, 3.8) is 0 Å². The molecule has 1 aliphatic heterocycles. The third kappa shape index (κ3) is 5.29. The molecular weight excluding hydrogens is 492 g/mol. The van der Waals surface area contributed by atoms with Crippen LogP contribution in [-0.4, -0.2) is 71.6 Å². The lowest BCUT2D eigenvalue weighted by Gasteiger charge is -2.43. The van der Waals surface area contributed by atoms with Crippen LogP contribution >= 0.6 is 0 Å². The van der Waals surface area contributed by atoms with Crippen molar-refractivity contribution in [1.29, 1.82) is 0 Å². The number of methoxy groups -OCH3 is 1. The maximum Gasteiger partial charge on any atom is 0.411 e. The van der Waals surface area contributed by atoms with Crippen molar-refractivity contribution in [3.05, 3.63) is 59.7 Å². The summed E-state index contributed by atoms with van der Waals surface area (Å²) in [6.45, 7) is 4.51. The molecule has 0 radical (unpaired) electrons. The van der Waals surface area contributed by atoms with Crippen LogP contribution in [-0.2, 0) is 23.8 Å². The van der Waals surface area contributed by atoms with Crippen LogP contribution in [0, 0.1) is 0 Å². The van der Waals surface area contributed by atoms with Gasteiger partial charge in [-0.05, 0) is 55.9 Å². The highest BCUT2D eigenvalue weighted by Crippen LogP contribution is 2.44. The van der Waals surface area contributed by atoms with Crippen LogP contribution in [0.3, 0.4) is 0 Å². The van der Waals surface area contributed by atoms with E-state index in [4.69, 9.17) is 14.2 Å². The summed E-state index contributed by atoms with van der Waals surface area (Å²) >= 11 is 0. The predicted octanol–water partition coefficient (Wildman–Crippen LogP) is 3.92. The van der Waals surface area contributed by atoms with Gasteiger partial charge >= 0.3 is 24.1 Å². The molecule has 2 atom stereocenters. The zero-order chi connectivity index (χ0) is 27.7. The van der Waals surface area contributed by atoms with Gasteiger partial charge in [0.2, 0.25) is 0 Å². The molecule has 1 fully saturated rings. The lowest BCUT2D eigenvalue weighted by atomic mass is 9.85. The van der Waals surface area contributed by atoms with Crippen molar-refractivity contribution in [3.8, 4) is 11.1 Å². The number of ether oxygens (including phenoxy) is 3. The quantitative estimate of drug-likeness (QED) is 0.444. The number of piperidine rings is 1. The average molecular weight is 525 g/mol. The molecule has 4 rings (SSSR count). The molecule has 0 bridgehead atoms. The molecule has 0 spiro atoms. The molecule has 38 heavy (non-hydrogen) atoms. The highest BCUT2D eigenvalue weighted by atomic mass is 16.6. The zero-order valence-electron chi connectivity index (χ0n) is 21.9. The number of benzene rings is 2. The Morgan fingerprint density at radius 2 is 1.61 bits per heavy atom. The van der Waals surface area contributed by atoms with Gasteiger partial charge in [0.25, 0.3) is 0 Å². The van der Waals surface area contributed by atoms with Gasteiger partial charge in [-0.3, -0.25) is 4.90 Å². The van der Waals surface area contributed by atoms with E-state index >= 15 is 0 Å². The number of esters is 1. The monoisotopic (exact) mass is 524 g/mol. The fourth-order valence-electron chi connectivity index (χ4n) is 5.13. The minimum absolute atomic E-state index is 0.0185. The van der Waals surface area contributed by atoms with Gasteiger partial charge in [-0.15, -0.1) is 0 Å². The number of carboxylic acid groups (broad SMARTS) is 1. The van der Waals surface area contributed by atoms with Crippen LogP contribution < -0.4 is 5.32 Å². The van der Waals surface area contributed by atoms with E-state index in [-0.39, 0.29) is 25.4 Å². The summed E-state index contributed by atoms with van der Waals surface area (Å²) in [5.41, 5.74) is 1.60. The number of amides is 2. The Morgan fingerprint density at radius 3 is 2.13 bits per heavy atom. The minimum Gasteiger partial charge on any atom is -0.480 e. The Balaban J connectivity index is 1.53. The molecule has 2 aromatic carbocycles. The van der Waals surface area contributed by atoms with E-state index in [0.717, 1.165) is 34.3 Å². The molecule has 2 amide bonds. The van der Waals surface area contributed by atoms with E-state index in [1.54, 1.807) is 20.8 Å². The first kappa shape index (κ1) is 27.0. The predicted molar refractivity (Wildman–Crippen MR) is 137 cm³/mol. The SMILES string of the molecule is COC(=O)[C@]1(NC(=O)OCC2c3ccccc3-c3ccccc32)CC[C@@H](C(=O)O)N(C(=O)OC(C)(C)C)C1. The van der Waals surface area contributed by atoms with E-state index in [0.29, 0.717) is 0 Å². The van der Waals surface area contributed by atoms with Gasteiger partial charge in [0.1, 0.15) is 18.2 Å². The number of hydrogen-bond acceptors (Lipinski definition) is 7. The first-order valence-electron chi connectivity index (χ1n) is 12.4. The normalized spacial score (nSPS) is 20.6. The fourth-order valence-corrected chi connectivity index (χ4v) is 5.13. The van der Waals surface area contributed by atoms with Crippen molar-refractivity contribution in [2.45, 2.75) is 56.7 Å². The van der Waals surface area contributed by atoms with Gasteiger partial charge in [0.05, 0.1) is 13.7 Å². The molecule has 10 heteroatoms. The topological polar surface area (TPSA) is 131 Å². The Kier molecular flexibility index (Phi) is 7.35. The molecule has 1 heterocycles. The molecule has 2 aromatic rings. The van der Waals surface area contributed by atoms with Gasteiger partial charge in [0, 0.05) is 5.92 Å². The summed E-state index contributed by atoms with van der Waals surface area (Å²) in [5, 5.41) is 12.3. The second-order valence-electron chi connectivity index (χ2n) is 10.5. The van der Waals surface area contributed by atoms with Gasteiger partial charge in [-0.2, -0.15) is 0 Å². The van der Waals surface area contributed by atoms with E-state index in [1.807, 2.05) is 48.5 Å². The third-order valence-corrected chi connectivity index (χ3v) is 6.84. The smallest absolute Gasteiger partial charge is 0.411 e. The van der Waals surface area contributed by atoms with Crippen LogP contribution in [0.5, 0.6) is 0 Å². The molecule has 0 saturated carbocycles. The van der Waals surface area contributed by atoms with Crippen molar-refractivity contribution in [2.75, 3.05) is 20.3 Å². The fraction of sp³-hybridized carbons (Fsp3) is 0.429. The number of rotatable bonds is 5. The van der Waals surface area contributed by atoms with Gasteiger partial charge in [-0.25, -0.2) is 19.2 Å². The minimum atomic E-state index is -1.71. The molecule has 2 N–H and O–H groups in total. The number of nitrogens with one attached hydrogen (secondary N) is 1. The van der Waals surface area contributed by atoms with Crippen molar-refractivity contribution < 1.29 is 38.5 Å². The van der Waals surface area contributed by atoms with Crippen molar-refractivity contribution >= 4 is 24.1 Å². The Hall–Kier alpha value is -4.08. The van der Waals surface area contributed by atoms with Crippen molar-refractivity contribution in [1.82, 2.24) is 10.2 Å². The number of likely N-dealkylation sites (tertiary alicyclic amines) is 1. The molecule has 0 aromatic heterocycles. The standard InChI is InChI=1S/C28H32N2O8/c1-27(2,3)38-26(35)30-16-28(24(33)36-4,14-13-22(30)23(31)32)29-25(34)37-15-21-19-11-7-5-9-17(19)18-10-6-8-12-20(18)21/h5-12,21-22H,13-16H2,1-4H3,(H,29,34)(H,31,32)/t22-,28-/m0/s1. The lowest BCUT2D eigenvalue weighted by molar-refractivity contribution is -0.156. The zero-order valence-corrected chi connectivity index (χ0v) is 21.9. The number of carboxylic acids is 1. The molecular formula is C28H32N2O8. The maximum atomic E-state index is 13.0. The summed E-state index contributed by atoms with van der Waals surface area (Å²) in [6, 6.07) is 14.6. The summed E-state index contributed by atoms with van der Waals surface area (Å²) in [7, 11) is 1.16. The van der Waals surface area contributed by atoms with Gasteiger partial charge < -0.3 is 24.6 Å². The van der Waals surface area contributed by atoms with Crippen LogP contribution in [0.1, 0.15) is 50.7 Å². The molecule has 202 valence electrons. The Bertz CT molecular complexity index is 1210. The van der Waals surface area contributed by atoms with E-state index in [2.05, 4.69) is 5.32 Å². The highest BCUT2D eigenvalue weighted by Gasteiger charge is 2.51. The number of alkyl carbamates (subject to hydrolysis) is 1. The number of fused-ring (bicyclic) bond motifs is 3. The molecule has 10 nitrogen and oxygen atoms in total. The van der Waals surface area contributed by atoms with Gasteiger partial charge in [0.15, 0.2) is 5.54 Å². The third-order valence-electron chi connectivity index (χ3n) is 6.84. The number of carbonyl (C=O) groups excluding carboxylic acids is 3. The summed E-state index contributed by atoms with van der Waals surface area (Å²) in [4.78, 5) is 51.7. The Morgan fingerprint density at radius 1 is 1.03 bits per heavy atom.